The van der Waals surface area contributed by atoms with Gasteiger partial charge in [-0.05, 0) is 25.1 Å². The van der Waals surface area contributed by atoms with E-state index in [0.29, 0.717) is 17.4 Å². The van der Waals surface area contributed by atoms with Gasteiger partial charge in [0.05, 0.1) is 29.8 Å². The van der Waals surface area contributed by atoms with Gasteiger partial charge in [-0.25, -0.2) is 4.98 Å². The number of carbonyl (C=O) groups excluding carboxylic acids is 1. The number of nitrogens with zero attached hydrogens (tertiary/aromatic N) is 2. The molecule has 0 unspecified atom stereocenters. The number of carbonyl (C=O) groups is 1. The smallest absolute Gasteiger partial charge is 0.225 e. The lowest BCUT2D eigenvalue weighted by atomic mass is 9.91. The maximum atomic E-state index is 12.8. The third kappa shape index (κ3) is 4.08. The van der Waals surface area contributed by atoms with E-state index < -0.39 is 0 Å². The van der Waals surface area contributed by atoms with Crippen molar-refractivity contribution < 1.29 is 9.53 Å². The quantitative estimate of drug-likeness (QED) is 0.855. The molecule has 0 aliphatic carbocycles. The van der Waals surface area contributed by atoms with Gasteiger partial charge in [0, 0.05) is 37.0 Å². The number of amides is 1. The Morgan fingerprint density at radius 3 is 2.92 bits per heavy atom. The molecular weight excluding hydrogens is 340 g/mol. The van der Waals surface area contributed by atoms with Crippen molar-refractivity contribution in [3.63, 3.8) is 0 Å². The van der Waals surface area contributed by atoms with Crippen LogP contribution in [0, 0.1) is 5.92 Å². The summed E-state index contributed by atoms with van der Waals surface area (Å²) in [7, 11) is 1.57. The maximum Gasteiger partial charge on any atom is 0.225 e. The first-order valence-electron chi connectivity index (χ1n) is 8.22. The summed E-state index contributed by atoms with van der Waals surface area (Å²) in [6.07, 6.45) is 1.62. The molecular formula is C18H21ClN4O2. The molecule has 3 atom stereocenters. The normalized spacial score (nSPS) is 20.9. The lowest BCUT2D eigenvalue weighted by Crippen LogP contribution is -2.36. The van der Waals surface area contributed by atoms with E-state index in [1.165, 1.54) is 0 Å². The van der Waals surface area contributed by atoms with Gasteiger partial charge < -0.3 is 15.4 Å². The highest BCUT2D eigenvalue weighted by Gasteiger charge is 2.35. The van der Waals surface area contributed by atoms with Crippen molar-refractivity contribution in [1.29, 1.82) is 0 Å². The van der Waals surface area contributed by atoms with Crippen molar-refractivity contribution in [2.24, 2.45) is 5.92 Å². The molecule has 0 spiro atoms. The fourth-order valence-electron chi connectivity index (χ4n) is 3.05. The number of hydrogen-bond acceptors (Lipinski definition) is 5. The molecule has 3 rings (SSSR count). The standard InChI is InChI=1S/C18H21ClN4O2/c1-11(15-4-3-5-17(23-15)25-2)22-18(24)14-10-20-9-13(14)16-7-6-12(19)8-21-16/h3-8,11,13-14,20H,9-10H2,1-2H3,(H,22,24)/t11-,13+,14+/m0/s1. The van der Waals surface area contributed by atoms with E-state index in [0.717, 1.165) is 17.9 Å². The van der Waals surface area contributed by atoms with Gasteiger partial charge in [-0.1, -0.05) is 17.7 Å². The Balaban J connectivity index is 1.70. The third-order valence-corrected chi connectivity index (χ3v) is 4.66. The van der Waals surface area contributed by atoms with E-state index in [-0.39, 0.29) is 23.8 Å². The molecule has 0 aromatic carbocycles. The second-order valence-corrected chi connectivity index (χ2v) is 6.54. The zero-order chi connectivity index (χ0) is 17.8. The number of halogens is 1. The van der Waals surface area contributed by atoms with Crippen LogP contribution in [0.4, 0.5) is 0 Å². The van der Waals surface area contributed by atoms with Crippen LogP contribution < -0.4 is 15.4 Å². The van der Waals surface area contributed by atoms with Crippen molar-refractivity contribution in [3.05, 3.63) is 52.9 Å². The molecule has 0 saturated carbocycles. The summed E-state index contributed by atoms with van der Waals surface area (Å²) in [5.41, 5.74) is 1.64. The lowest BCUT2D eigenvalue weighted by Gasteiger charge is -2.21. The highest BCUT2D eigenvalue weighted by Crippen LogP contribution is 2.28. The number of methoxy groups -OCH3 is 1. The molecule has 1 saturated heterocycles. The van der Waals surface area contributed by atoms with Crippen molar-refractivity contribution in [1.82, 2.24) is 20.6 Å². The van der Waals surface area contributed by atoms with Gasteiger partial charge in [0.2, 0.25) is 11.8 Å². The summed E-state index contributed by atoms with van der Waals surface area (Å²) in [5, 5.41) is 6.92. The summed E-state index contributed by atoms with van der Waals surface area (Å²) >= 11 is 5.90. The van der Waals surface area contributed by atoms with E-state index >= 15 is 0 Å². The number of rotatable bonds is 5. The molecule has 25 heavy (non-hydrogen) atoms. The number of ether oxygens (including phenoxy) is 1. The van der Waals surface area contributed by atoms with Gasteiger partial charge in [0.1, 0.15) is 0 Å². The molecule has 2 aromatic rings. The van der Waals surface area contributed by atoms with E-state index in [1.54, 1.807) is 25.4 Å². The van der Waals surface area contributed by atoms with Crippen LogP contribution in [0.25, 0.3) is 0 Å². The highest BCUT2D eigenvalue weighted by atomic mass is 35.5. The van der Waals surface area contributed by atoms with Crippen LogP contribution in [0.1, 0.15) is 30.3 Å². The Labute approximate surface area is 152 Å². The van der Waals surface area contributed by atoms with Gasteiger partial charge in [-0.2, -0.15) is 0 Å². The molecule has 0 radical (unpaired) electrons. The first-order chi connectivity index (χ1) is 12.1. The van der Waals surface area contributed by atoms with Gasteiger partial charge in [0.15, 0.2) is 0 Å². The van der Waals surface area contributed by atoms with Crippen LogP contribution in [0.3, 0.4) is 0 Å². The predicted molar refractivity (Wildman–Crippen MR) is 95.7 cm³/mol. The van der Waals surface area contributed by atoms with Crippen molar-refractivity contribution in [2.45, 2.75) is 18.9 Å². The second kappa shape index (κ2) is 7.80. The maximum absolute atomic E-state index is 12.8. The Morgan fingerprint density at radius 1 is 1.36 bits per heavy atom. The van der Waals surface area contributed by atoms with Gasteiger partial charge >= 0.3 is 0 Å². The van der Waals surface area contributed by atoms with Crippen LogP contribution in [0.2, 0.25) is 5.02 Å². The zero-order valence-corrected chi connectivity index (χ0v) is 15.0. The second-order valence-electron chi connectivity index (χ2n) is 6.11. The Kier molecular flexibility index (Phi) is 5.50. The van der Waals surface area contributed by atoms with E-state index in [9.17, 15) is 4.79 Å². The monoisotopic (exact) mass is 360 g/mol. The van der Waals surface area contributed by atoms with E-state index in [4.69, 9.17) is 16.3 Å². The number of nitrogens with one attached hydrogen (secondary N) is 2. The molecule has 7 heteroatoms. The summed E-state index contributed by atoms with van der Waals surface area (Å²) in [6.45, 7) is 3.26. The van der Waals surface area contributed by atoms with Crippen LogP contribution in [-0.2, 0) is 4.79 Å². The van der Waals surface area contributed by atoms with Crippen LogP contribution in [0.15, 0.2) is 36.5 Å². The first kappa shape index (κ1) is 17.6. The van der Waals surface area contributed by atoms with Crippen LogP contribution in [-0.4, -0.2) is 36.1 Å². The van der Waals surface area contributed by atoms with Crippen LogP contribution >= 0.6 is 11.6 Å². The number of hydrogen-bond donors (Lipinski definition) is 2. The molecule has 1 aliphatic rings. The molecule has 1 aliphatic heterocycles. The minimum atomic E-state index is -0.206. The van der Waals surface area contributed by atoms with Gasteiger partial charge in [-0.15, -0.1) is 0 Å². The van der Waals surface area contributed by atoms with Gasteiger partial charge in [0.25, 0.3) is 0 Å². The first-order valence-corrected chi connectivity index (χ1v) is 8.59. The fraction of sp³-hybridized carbons (Fsp3) is 0.389. The summed E-state index contributed by atoms with van der Waals surface area (Å²) in [4.78, 5) is 21.5. The van der Waals surface area contributed by atoms with E-state index in [1.807, 2.05) is 25.1 Å². The lowest BCUT2D eigenvalue weighted by molar-refractivity contribution is -0.125. The summed E-state index contributed by atoms with van der Waals surface area (Å²) in [5.74, 6) is 0.373. The van der Waals surface area contributed by atoms with Crippen molar-refractivity contribution in [2.75, 3.05) is 20.2 Å². The van der Waals surface area contributed by atoms with Crippen molar-refractivity contribution >= 4 is 17.5 Å². The van der Waals surface area contributed by atoms with E-state index in [2.05, 4.69) is 20.6 Å². The van der Waals surface area contributed by atoms with Crippen molar-refractivity contribution in [3.8, 4) is 5.88 Å². The Morgan fingerprint density at radius 2 is 2.20 bits per heavy atom. The third-order valence-electron chi connectivity index (χ3n) is 4.44. The molecule has 1 amide bonds. The molecule has 3 heterocycles. The number of aromatic nitrogens is 2. The molecule has 2 N–H and O–H groups in total. The molecule has 0 bridgehead atoms. The largest absolute Gasteiger partial charge is 0.481 e. The minimum Gasteiger partial charge on any atom is -0.481 e. The fourth-order valence-corrected chi connectivity index (χ4v) is 3.16. The summed E-state index contributed by atoms with van der Waals surface area (Å²) < 4.78 is 5.14. The summed E-state index contributed by atoms with van der Waals surface area (Å²) in [6, 6.07) is 9.00. The predicted octanol–water partition coefficient (Wildman–Crippen LogP) is 2.32. The highest BCUT2D eigenvalue weighted by molar-refractivity contribution is 6.30. The average Bonchev–Trinajstić information content (AvgIpc) is 3.12. The van der Waals surface area contributed by atoms with Gasteiger partial charge in [-0.3, -0.25) is 9.78 Å². The molecule has 1 fully saturated rings. The Bertz CT molecular complexity index is 738. The average molecular weight is 361 g/mol. The van der Waals surface area contributed by atoms with Crippen LogP contribution in [0.5, 0.6) is 5.88 Å². The number of pyridine rings is 2. The molecule has 132 valence electrons. The minimum absolute atomic E-state index is 0.0103. The molecule has 2 aromatic heterocycles. The zero-order valence-electron chi connectivity index (χ0n) is 14.2. The molecule has 6 nitrogen and oxygen atoms in total. The Hall–Kier alpha value is -2.18. The topological polar surface area (TPSA) is 76.1 Å². The SMILES string of the molecule is COc1cccc([C@H](C)NC(=O)[C@@H]2CNC[C@H]2c2ccc(Cl)cn2)n1.